The molecule has 2 unspecified atom stereocenters. The third kappa shape index (κ3) is 0.825. The molecule has 2 aliphatic carbocycles. The van der Waals surface area contributed by atoms with Crippen LogP contribution in [0.4, 0.5) is 0 Å². The van der Waals surface area contributed by atoms with Crippen LogP contribution in [0.1, 0.15) is 31.9 Å². The molecule has 2 heteroatoms. The molecule has 2 aliphatic rings. The van der Waals surface area contributed by atoms with Crippen LogP contribution in [0, 0.1) is 5.41 Å². The Morgan fingerprint density at radius 2 is 1.45 bits per heavy atom. The molecule has 0 aromatic heterocycles. The molecule has 0 radical (unpaired) electrons. The molecule has 2 aromatic rings. The number of ether oxygens (including phenoxy) is 1. The Morgan fingerprint density at radius 1 is 0.950 bits per heavy atom. The summed E-state index contributed by atoms with van der Waals surface area (Å²) in [5, 5.41) is 2.60. The van der Waals surface area contributed by atoms with Crippen LogP contribution in [0.5, 0.6) is 0 Å². The number of carbonyl (C=O) groups excluding carboxylic acids is 1. The lowest BCUT2D eigenvalue weighted by atomic mass is 9.84. The molecule has 0 heterocycles. The van der Waals surface area contributed by atoms with Crippen molar-refractivity contribution < 1.29 is 9.53 Å². The lowest BCUT2D eigenvalue weighted by molar-refractivity contribution is -0.147. The fourth-order valence-electron chi connectivity index (χ4n) is 4.99. The van der Waals surface area contributed by atoms with Crippen molar-refractivity contribution >= 4 is 16.7 Å². The number of rotatable bonds is 1. The van der Waals surface area contributed by atoms with E-state index in [2.05, 4.69) is 50.2 Å². The maximum atomic E-state index is 12.4. The summed E-state index contributed by atoms with van der Waals surface area (Å²) in [5.74, 6) is -0.103. The molecule has 1 fully saturated rings. The quantitative estimate of drug-likeness (QED) is 0.738. The molecule has 0 spiro atoms. The van der Waals surface area contributed by atoms with Crippen LogP contribution in [-0.4, -0.2) is 13.1 Å². The Labute approximate surface area is 118 Å². The standard InChI is InChI=1S/C18H18O2/c1-16-12-9-5-7-11-8-6-10-13(14(11)12)17(16,2)18(16,3)15(19)20-4/h5-10H,1-4H3. The summed E-state index contributed by atoms with van der Waals surface area (Å²) < 4.78 is 5.12. The van der Waals surface area contributed by atoms with E-state index < -0.39 is 5.41 Å². The maximum absolute atomic E-state index is 12.4. The second kappa shape index (κ2) is 3.08. The van der Waals surface area contributed by atoms with E-state index in [9.17, 15) is 4.79 Å². The van der Waals surface area contributed by atoms with Gasteiger partial charge >= 0.3 is 5.97 Å². The van der Waals surface area contributed by atoms with Crippen LogP contribution in [0.25, 0.3) is 10.8 Å². The van der Waals surface area contributed by atoms with Crippen molar-refractivity contribution in [2.45, 2.75) is 31.6 Å². The van der Waals surface area contributed by atoms with E-state index >= 15 is 0 Å². The first kappa shape index (κ1) is 12.0. The summed E-state index contributed by atoms with van der Waals surface area (Å²) in [6, 6.07) is 12.8. The SMILES string of the molecule is COC(=O)C1(C)C2(C)c3cccc4cccc(c34)C12C. The zero-order valence-corrected chi connectivity index (χ0v) is 12.3. The highest BCUT2D eigenvalue weighted by Crippen LogP contribution is 2.83. The predicted molar refractivity (Wildman–Crippen MR) is 78.8 cm³/mol. The van der Waals surface area contributed by atoms with Gasteiger partial charge < -0.3 is 4.74 Å². The summed E-state index contributed by atoms with van der Waals surface area (Å²) >= 11 is 0. The second-order valence-corrected chi connectivity index (χ2v) is 6.58. The average molecular weight is 266 g/mol. The van der Waals surface area contributed by atoms with Crippen LogP contribution in [0.2, 0.25) is 0 Å². The minimum atomic E-state index is -0.475. The van der Waals surface area contributed by atoms with E-state index in [0.29, 0.717) is 0 Å². The van der Waals surface area contributed by atoms with Gasteiger partial charge in [-0.1, -0.05) is 50.2 Å². The highest BCUT2D eigenvalue weighted by atomic mass is 16.5. The van der Waals surface area contributed by atoms with Gasteiger partial charge in [0.25, 0.3) is 0 Å². The van der Waals surface area contributed by atoms with Crippen molar-refractivity contribution in [3.05, 3.63) is 47.5 Å². The van der Waals surface area contributed by atoms with Gasteiger partial charge in [0.05, 0.1) is 12.5 Å². The molecule has 2 aromatic carbocycles. The van der Waals surface area contributed by atoms with Crippen LogP contribution in [0.3, 0.4) is 0 Å². The van der Waals surface area contributed by atoms with Crippen molar-refractivity contribution in [3.8, 4) is 0 Å². The summed E-state index contributed by atoms with van der Waals surface area (Å²) in [6.07, 6.45) is 0. The summed E-state index contributed by atoms with van der Waals surface area (Å²) in [6.45, 7) is 6.46. The number of fused-ring (bicyclic) bond motifs is 3. The third-order valence-corrected chi connectivity index (χ3v) is 6.51. The van der Waals surface area contributed by atoms with Gasteiger partial charge in [0.15, 0.2) is 0 Å². The molecule has 0 N–H and O–H groups in total. The molecule has 0 aliphatic heterocycles. The van der Waals surface area contributed by atoms with E-state index in [4.69, 9.17) is 4.74 Å². The van der Waals surface area contributed by atoms with Crippen LogP contribution < -0.4 is 0 Å². The Balaban J connectivity index is 2.10. The van der Waals surface area contributed by atoms with E-state index in [-0.39, 0.29) is 16.8 Å². The topological polar surface area (TPSA) is 26.3 Å². The fraction of sp³-hybridized carbons (Fsp3) is 0.389. The molecule has 4 rings (SSSR count). The van der Waals surface area contributed by atoms with E-state index in [1.54, 1.807) is 0 Å². The maximum Gasteiger partial charge on any atom is 0.313 e. The number of methoxy groups -OCH3 is 1. The van der Waals surface area contributed by atoms with E-state index in [1.165, 1.54) is 29.0 Å². The zero-order valence-electron chi connectivity index (χ0n) is 12.3. The molecule has 2 nitrogen and oxygen atoms in total. The van der Waals surface area contributed by atoms with Crippen molar-refractivity contribution in [3.63, 3.8) is 0 Å². The Hall–Kier alpha value is -1.83. The minimum Gasteiger partial charge on any atom is -0.469 e. The van der Waals surface area contributed by atoms with Crippen molar-refractivity contribution in [1.29, 1.82) is 0 Å². The molecule has 0 amide bonds. The Kier molecular flexibility index (Phi) is 1.84. The Morgan fingerprint density at radius 3 is 1.90 bits per heavy atom. The van der Waals surface area contributed by atoms with Gasteiger partial charge in [0.1, 0.15) is 0 Å². The van der Waals surface area contributed by atoms with Gasteiger partial charge in [0, 0.05) is 10.8 Å². The van der Waals surface area contributed by atoms with Gasteiger partial charge in [-0.25, -0.2) is 0 Å². The van der Waals surface area contributed by atoms with E-state index in [0.717, 1.165) is 0 Å². The minimum absolute atomic E-state index is 0.103. The number of hydrogen-bond donors (Lipinski definition) is 0. The summed E-state index contributed by atoms with van der Waals surface area (Å²) in [7, 11) is 1.49. The number of benzene rings is 2. The molecule has 1 saturated carbocycles. The van der Waals surface area contributed by atoms with Crippen molar-refractivity contribution in [1.82, 2.24) is 0 Å². The van der Waals surface area contributed by atoms with Crippen LogP contribution in [-0.2, 0) is 20.4 Å². The second-order valence-electron chi connectivity index (χ2n) is 6.58. The number of carbonyl (C=O) groups is 1. The zero-order chi connectivity index (χ0) is 14.3. The molecular weight excluding hydrogens is 248 g/mol. The Bertz CT molecular complexity index is 725. The molecule has 102 valence electrons. The normalized spacial score (nSPS) is 36.8. The molecule has 20 heavy (non-hydrogen) atoms. The summed E-state index contributed by atoms with van der Waals surface area (Å²) in [4.78, 5) is 12.4. The molecule has 0 saturated heterocycles. The van der Waals surface area contributed by atoms with Crippen LogP contribution >= 0.6 is 0 Å². The van der Waals surface area contributed by atoms with Crippen LogP contribution in [0.15, 0.2) is 36.4 Å². The first-order valence-corrected chi connectivity index (χ1v) is 7.05. The van der Waals surface area contributed by atoms with Gasteiger partial charge in [-0.3, -0.25) is 4.79 Å². The largest absolute Gasteiger partial charge is 0.469 e. The van der Waals surface area contributed by atoms with Gasteiger partial charge in [-0.05, 0) is 28.8 Å². The monoisotopic (exact) mass is 266 g/mol. The third-order valence-electron chi connectivity index (χ3n) is 6.51. The number of hydrogen-bond acceptors (Lipinski definition) is 2. The number of esters is 1. The predicted octanol–water partition coefficient (Wildman–Crippen LogP) is 3.56. The molecular formula is C18H18O2. The van der Waals surface area contributed by atoms with Gasteiger partial charge in [-0.15, -0.1) is 0 Å². The smallest absolute Gasteiger partial charge is 0.313 e. The van der Waals surface area contributed by atoms with E-state index in [1.807, 2.05) is 6.92 Å². The average Bonchev–Trinajstić information content (AvgIpc) is 2.77. The lowest BCUT2D eigenvalue weighted by Gasteiger charge is -2.21. The first-order valence-electron chi connectivity index (χ1n) is 7.05. The fourth-order valence-corrected chi connectivity index (χ4v) is 4.99. The van der Waals surface area contributed by atoms with Gasteiger partial charge in [0.2, 0.25) is 0 Å². The molecule has 0 bridgehead atoms. The van der Waals surface area contributed by atoms with Crippen molar-refractivity contribution in [2.24, 2.45) is 5.41 Å². The highest BCUT2D eigenvalue weighted by molar-refractivity contribution is 6.03. The highest BCUT2D eigenvalue weighted by Gasteiger charge is 2.87. The van der Waals surface area contributed by atoms with Gasteiger partial charge in [-0.2, -0.15) is 0 Å². The summed E-state index contributed by atoms with van der Waals surface area (Å²) in [5.41, 5.74) is 1.77. The lowest BCUT2D eigenvalue weighted by Crippen LogP contribution is -2.26. The van der Waals surface area contributed by atoms with Crippen molar-refractivity contribution in [2.75, 3.05) is 7.11 Å². The molecule has 2 atom stereocenters. The first-order chi connectivity index (χ1) is 9.44.